The van der Waals surface area contributed by atoms with E-state index in [1.807, 2.05) is 25.1 Å². The van der Waals surface area contributed by atoms with E-state index in [0.717, 1.165) is 28.1 Å². The molecular weight excluding hydrogens is 293 g/mol. The minimum atomic E-state index is -0.246. The van der Waals surface area contributed by atoms with E-state index in [1.165, 1.54) is 12.1 Å². The van der Waals surface area contributed by atoms with E-state index in [9.17, 15) is 4.39 Å². The molecule has 115 valence electrons. The smallest absolute Gasteiger partial charge is 0.123 e. The summed E-state index contributed by atoms with van der Waals surface area (Å²) in [5.74, 6) is -0.246. The van der Waals surface area contributed by atoms with Gasteiger partial charge < -0.3 is 0 Å². The average Bonchev–Trinajstić information content (AvgIpc) is 3.11. The number of allylic oxidation sites excluding steroid dienone is 1. The van der Waals surface area contributed by atoms with Crippen LogP contribution < -0.4 is 10.0 Å². The third-order valence-corrected chi connectivity index (χ3v) is 3.96. The summed E-state index contributed by atoms with van der Waals surface area (Å²) in [6, 6.07) is 12.4. The van der Waals surface area contributed by atoms with E-state index < -0.39 is 0 Å². The quantitative estimate of drug-likeness (QED) is 0.788. The highest BCUT2D eigenvalue weighted by atomic mass is 19.1. The Morgan fingerprint density at radius 1 is 1.13 bits per heavy atom. The second-order valence-corrected chi connectivity index (χ2v) is 5.55. The zero-order valence-corrected chi connectivity index (χ0v) is 12.8. The van der Waals surface area contributed by atoms with Crippen molar-refractivity contribution in [2.45, 2.75) is 19.9 Å². The number of benzene rings is 2. The molecule has 3 aromatic rings. The van der Waals surface area contributed by atoms with Crippen molar-refractivity contribution in [3.8, 4) is 0 Å². The molecule has 2 heterocycles. The summed E-state index contributed by atoms with van der Waals surface area (Å²) >= 11 is 0. The summed E-state index contributed by atoms with van der Waals surface area (Å²) in [6.07, 6.45) is 3.40. The molecule has 0 saturated carbocycles. The van der Waals surface area contributed by atoms with Crippen LogP contribution in [-0.4, -0.2) is 21.5 Å². The third kappa shape index (κ3) is 2.23. The van der Waals surface area contributed by atoms with Crippen LogP contribution in [0.3, 0.4) is 0 Å². The minimum absolute atomic E-state index is 0.0495. The Hall–Kier alpha value is -2.89. The van der Waals surface area contributed by atoms with E-state index in [-0.39, 0.29) is 11.9 Å². The number of hydrogen-bond acceptors (Lipinski definition) is 4. The maximum absolute atomic E-state index is 13.2. The van der Waals surface area contributed by atoms with E-state index in [2.05, 4.69) is 38.4 Å². The zero-order valence-electron chi connectivity index (χ0n) is 12.8. The highest BCUT2D eigenvalue weighted by Crippen LogP contribution is 2.34. The summed E-state index contributed by atoms with van der Waals surface area (Å²) in [7, 11) is 0. The van der Waals surface area contributed by atoms with Crippen LogP contribution in [0.25, 0.3) is 11.0 Å². The monoisotopic (exact) mass is 308 g/mol. The maximum Gasteiger partial charge on any atom is 0.123 e. The lowest BCUT2D eigenvalue weighted by atomic mass is 10.2. The van der Waals surface area contributed by atoms with Gasteiger partial charge in [0, 0.05) is 11.8 Å². The summed E-state index contributed by atoms with van der Waals surface area (Å²) in [5.41, 5.74) is 4.55. The van der Waals surface area contributed by atoms with Crippen LogP contribution in [0, 0.1) is 11.9 Å². The molecule has 0 amide bonds. The first kappa shape index (κ1) is 13.8. The second-order valence-electron chi connectivity index (χ2n) is 5.55. The second kappa shape index (κ2) is 5.08. The SMILES string of the molecule is CC1=[C]C(C)N(c2ccc(F)cc2)N1c1ccc2[nH]nnc2c1. The fourth-order valence-corrected chi connectivity index (χ4v) is 2.97. The molecule has 0 bridgehead atoms. The van der Waals surface area contributed by atoms with E-state index in [4.69, 9.17) is 0 Å². The number of H-pyrrole nitrogens is 1. The van der Waals surface area contributed by atoms with E-state index in [1.54, 1.807) is 12.1 Å². The number of halogens is 1. The number of nitrogens with one attached hydrogen (secondary N) is 1. The molecule has 1 aromatic heterocycles. The van der Waals surface area contributed by atoms with Gasteiger partial charge in [0.15, 0.2) is 0 Å². The maximum atomic E-state index is 13.2. The van der Waals surface area contributed by atoms with Crippen molar-refractivity contribution in [3.05, 3.63) is 60.1 Å². The highest BCUT2D eigenvalue weighted by Gasteiger charge is 2.29. The molecule has 2 aromatic carbocycles. The van der Waals surface area contributed by atoms with Gasteiger partial charge in [-0.3, -0.25) is 15.1 Å². The number of hydrogen-bond donors (Lipinski definition) is 1. The Balaban J connectivity index is 1.79. The van der Waals surface area contributed by atoms with Crippen molar-refractivity contribution in [1.29, 1.82) is 0 Å². The Labute approximate surface area is 133 Å². The van der Waals surface area contributed by atoms with Crippen LogP contribution in [0.15, 0.2) is 48.2 Å². The minimum Gasteiger partial charge on any atom is -0.274 e. The van der Waals surface area contributed by atoms with Gasteiger partial charge in [-0.25, -0.2) is 4.39 Å². The lowest BCUT2D eigenvalue weighted by Gasteiger charge is -2.35. The van der Waals surface area contributed by atoms with Gasteiger partial charge in [0.2, 0.25) is 0 Å². The molecule has 0 saturated heterocycles. The molecule has 0 spiro atoms. The predicted octanol–water partition coefficient (Wildman–Crippen LogP) is 3.43. The van der Waals surface area contributed by atoms with Crippen LogP contribution in [-0.2, 0) is 0 Å². The molecule has 1 aliphatic heterocycles. The number of rotatable bonds is 2. The Kier molecular flexibility index (Phi) is 3.04. The first-order chi connectivity index (χ1) is 11.1. The van der Waals surface area contributed by atoms with Gasteiger partial charge in [0.05, 0.1) is 22.9 Å². The van der Waals surface area contributed by atoms with Crippen molar-refractivity contribution in [2.75, 3.05) is 10.0 Å². The van der Waals surface area contributed by atoms with Crippen LogP contribution in [0.2, 0.25) is 0 Å². The van der Waals surface area contributed by atoms with Crippen molar-refractivity contribution in [2.24, 2.45) is 0 Å². The fraction of sp³-hybridized carbons (Fsp3) is 0.176. The first-order valence-corrected chi connectivity index (χ1v) is 7.39. The number of hydrazine groups is 1. The molecule has 1 unspecified atom stereocenters. The summed E-state index contributed by atoms with van der Waals surface area (Å²) in [5, 5.41) is 14.9. The zero-order chi connectivity index (χ0) is 16.0. The van der Waals surface area contributed by atoms with Crippen LogP contribution in [0.1, 0.15) is 13.8 Å². The van der Waals surface area contributed by atoms with Crippen molar-refractivity contribution >= 4 is 22.4 Å². The molecule has 1 aliphatic rings. The molecule has 23 heavy (non-hydrogen) atoms. The largest absolute Gasteiger partial charge is 0.274 e. The molecule has 1 radical (unpaired) electrons. The molecule has 4 rings (SSSR count). The van der Waals surface area contributed by atoms with Gasteiger partial charge in [0.1, 0.15) is 11.3 Å². The van der Waals surface area contributed by atoms with Crippen LogP contribution >= 0.6 is 0 Å². The van der Waals surface area contributed by atoms with Crippen molar-refractivity contribution in [3.63, 3.8) is 0 Å². The van der Waals surface area contributed by atoms with Gasteiger partial charge in [-0.1, -0.05) is 5.21 Å². The number of nitrogens with zero attached hydrogens (tertiary/aromatic N) is 4. The molecule has 0 fully saturated rings. The average molecular weight is 308 g/mol. The number of aromatic amines is 1. The van der Waals surface area contributed by atoms with Gasteiger partial charge in [-0.2, -0.15) is 0 Å². The molecular formula is C17H15FN5. The normalized spacial score (nSPS) is 17.9. The molecule has 6 heteroatoms. The van der Waals surface area contributed by atoms with Crippen LogP contribution in [0.4, 0.5) is 15.8 Å². The topological polar surface area (TPSA) is 48.0 Å². The Morgan fingerprint density at radius 3 is 2.65 bits per heavy atom. The number of fused-ring (bicyclic) bond motifs is 1. The molecule has 0 aliphatic carbocycles. The summed E-state index contributed by atoms with van der Waals surface area (Å²) in [4.78, 5) is 0. The van der Waals surface area contributed by atoms with Crippen molar-refractivity contribution < 1.29 is 4.39 Å². The lowest BCUT2D eigenvalue weighted by Crippen LogP contribution is -2.41. The predicted molar refractivity (Wildman–Crippen MR) is 87.1 cm³/mol. The van der Waals surface area contributed by atoms with Gasteiger partial charge in [-0.15, -0.1) is 5.10 Å². The molecule has 5 nitrogen and oxygen atoms in total. The third-order valence-electron chi connectivity index (χ3n) is 3.96. The van der Waals surface area contributed by atoms with Gasteiger partial charge >= 0.3 is 0 Å². The summed E-state index contributed by atoms with van der Waals surface area (Å²) < 4.78 is 13.2. The highest BCUT2D eigenvalue weighted by molar-refractivity contribution is 5.80. The Bertz CT molecular complexity index is 883. The van der Waals surface area contributed by atoms with Gasteiger partial charge in [0.25, 0.3) is 0 Å². The van der Waals surface area contributed by atoms with Gasteiger partial charge in [-0.05, 0) is 56.3 Å². The lowest BCUT2D eigenvalue weighted by molar-refractivity contribution is 0.627. The fourth-order valence-electron chi connectivity index (χ4n) is 2.97. The summed E-state index contributed by atoms with van der Waals surface area (Å²) in [6.45, 7) is 4.06. The molecule has 1 atom stereocenters. The number of anilines is 2. The van der Waals surface area contributed by atoms with Crippen LogP contribution in [0.5, 0.6) is 0 Å². The van der Waals surface area contributed by atoms with E-state index >= 15 is 0 Å². The molecule has 1 N–H and O–H groups in total. The first-order valence-electron chi connectivity index (χ1n) is 7.39. The van der Waals surface area contributed by atoms with E-state index in [0.29, 0.717) is 0 Å². The Morgan fingerprint density at radius 2 is 1.87 bits per heavy atom. The van der Waals surface area contributed by atoms with Crippen molar-refractivity contribution in [1.82, 2.24) is 15.4 Å². The standard InChI is InChI=1S/C17H15FN5/c1-11-9-12(2)23(22(11)14-5-3-13(18)4-6-14)15-7-8-16-17(10-15)20-21-19-16/h3-8,10-11H,1-2H3,(H,19,20,21). The number of aromatic nitrogens is 3.